The third-order valence-corrected chi connectivity index (χ3v) is 5.98. The van der Waals surface area contributed by atoms with Gasteiger partial charge in [-0.25, -0.2) is 40.7 Å². The molecule has 0 amide bonds. The number of hydrogen-bond acceptors (Lipinski definition) is 12. The monoisotopic (exact) mass is 742 g/mol. The molecule has 0 spiro atoms. The highest BCUT2D eigenvalue weighted by Gasteiger charge is 2.36. The lowest BCUT2D eigenvalue weighted by Crippen LogP contribution is -2.41. The number of halogens is 10. The quantitative estimate of drug-likeness (QED) is 0.0685. The Labute approximate surface area is 274 Å². The third kappa shape index (κ3) is 10.5. The van der Waals surface area contributed by atoms with E-state index in [1.165, 1.54) is 21.0 Å². The van der Waals surface area contributed by atoms with Crippen LogP contribution in [0.25, 0.3) is 0 Å². The molecule has 0 saturated carbocycles. The normalized spacial score (nSPS) is 14.6. The molecule has 0 radical (unpaired) electrons. The van der Waals surface area contributed by atoms with Gasteiger partial charge in [-0.05, 0) is 6.92 Å². The van der Waals surface area contributed by atoms with Crippen LogP contribution in [-0.2, 0) is 33.2 Å². The molecular weight excluding hydrogens is 718 g/mol. The van der Waals surface area contributed by atoms with E-state index >= 15 is 0 Å². The molecule has 1 aliphatic heterocycles. The lowest BCUT2D eigenvalue weighted by atomic mass is 9.94. The second-order valence-electron chi connectivity index (χ2n) is 10.7. The van der Waals surface area contributed by atoms with Gasteiger partial charge in [-0.2, -0.15) is 17.6 Å². The standard InChI is InChI=1S/C15H15F5O6.C13H9F5O6/c1-7(21)24-5-15(2,4-23-3)6-25-14(22)26-13-11(19)9(17)8(16)10(18)12(13)20;1-13(2-21-11(19)22-3-13)4-23-12(20)24-10-8(17)6(15)5(14)7(16)9(10)18/h4-6H2,1-3H3;2-4H2,1H3. The summed E-state index contributed by atoms with van der Waals surface area (Å²) in [7, 11) is 1.32. The van der Waals surface area contributed by atoms with Gasteiger partial charge in [0.2, 0.25) is 69.7 Å². The summed E-state index contributed by atoms with van der Waals surface area (Å²) in [5.41, 5.74) is -2.01. The van der Waals surface area contributed by atoms with Crippen molar-refractivity contribution in [1.82, 2.24) is 0 Å². The number of carbonyl (C=O) groups excluding carboxylic acids is 4. The number of rotatable bonds is 10. The SMILES string of the molecule is CC1(COC(=O)Oc2c(F)c(F)c(F)c(F)c2F)COC(=O)OC1.COCC(C)(COC(C)=O)COC(=O)Oc1c(F)c(F)c(F)c(F)c1F. The summed E-state index contributed by atoms with van der Waals surface area (Å²) in [5, 5.41) is 0. The summed E-state index contributed by atoms with van der Waals surface area (Å²) in [6.45, 7) is 2.53. The van der Waals surface area contributed by atoms with Crippen molar-refractivity contribution in [2.75, 3.05) is 46.8 Å². The summed E-state index contributed by atoms with van der Waals surface area (Å²) in [4.78, 5) is 44.6. The van der Waals surface area contributed by atoms with E-state index in [9.17, 15) is 63.1 Å². The van der Waals surface area contributed by atoms with E-state index in [0.717, 1.165) is 6.92 Å². The van der Waals surface area contributed by atoms with E-state index in [-0.39, 0.29) is 26.4 Å². The maximum absolute atomic E-state index is 13.4. The minimum Gasteiger partial charge on any atom is -0.465 e. The number of ether oxygens (including phenoxy) is 8. The average molecular weight is 742 g/mol. The Morgan fingerprint density at radius 2 is 1.00 bits per heavy atom. The lowest BCUT2D eigenvalue weighted by molar-refractivity contribution is -0.146. The first-order valence-electron chi connectivity index (χ1n) is 13.3. The van der Waals surface area contributed by atoms with Crippen molar-refractivity contribution in [2.24, 2.45) is 10.8 Å². The van der Waals surface area contributed by atoms with Crippen LogP contribution in [0.1, 0.15) is 20.8 Å². The first-order chi connectivity index (χ1) is 23.2. The molecule has 278 valence electrons. The molecule has 0 bridgehead atoms. The van der Waals surface area contributed by atoms with Crippen LogP contribution in [0.2, 0.25) is 0 Å². The van der Waals surface area contributed by atoms with Crippen molar-refractivity contribution in [1.29, 1.82) is 0 Å². The maximum Gasteiger partial charge on any atom is 0.514 e. The second kappa shape index (κ2) is 17.1. The molecule has 1 saturated heterocycles. The molecule has 1 atom stereocenters. The molecule has 12 nitrogen and oxygen atoms in total. The van der Waals surface area contributed by atoms with Crippen molar-refractivity contribution in [3.8, 4) is 11.5 Å². The van der Waals surface area contributed by atoms with Gasteiger partial charge >= 0.3 is 24.4 Å². The smallest absolute Gasteiger partial charge is 0.465 e. The molecule has 0 N–H and O–H groups in total. The van der Waals surface area contributed by atoms with Gasteiger partial charge in [-0.1, -0.05) is 6.92 Å². The summed E-state index contributed by atoms with van der Waals surface area (Å²) in [6.07, 6.45) is -4.36. The third-order valence-electron chi connectivity index (χ3n) is 5.98. The minimum absolute atomic E-state index is 0.0455. The predicted molar refractivity (Wildman–Crippen MR) is 138 cm³/mol. The van der Waals surface area contributed by atoms with E-state index in [0.29, 0.717) is 0 Å². The fourth-order valence-corrected chi connectivity index (χ4v) is 3.42. The lowest BCUT2D eigenvalue weighted by Gasteiger charge is -2.31. The van der Waals surface area contributed by atoms with E-state index < -0.39 is 118 Å². The average Bonchev–Trinajstić information content (AvgIpc) is 3.08. The van der Waals surface area contributed by atoms with Crippen molar-refractivity contribution in [2.45, 2.75) is 20.8 Å². The summed E-state index contributed by atoms with van der Waals surface area (Å²) in [5.74, 6) is -27.3. The fourth-order valence-electron chi connectivity index (χ4n) is 3.42. The topological polar surface area (TPSA) is 142 Å². The largest absolute Gasteiger partial charge is 0.514 e. The van der Waals surface area contributed by atoms with Crippen molar-refractivity contribution >= 4 is 24.4 Å². The fraction of sp³-hybridized carbons (Fsp3) is 0.429. The number of methoxy groups -OCH3 is 1. The van der Waals surface area contributed by atoms with Crippen LogP contribution in [0.15, 0.2) is 0 Å². The molecule has 1 fully saturated rings. The number of carbonyl (C=O) groups is 4. The molecule has 0 aromatic heterocycles. The van der Waals surface area contributed by atoms with E-state index in [1.54, 1.807) is 0 Å². The Bertz CT molecular complexity index is 1550. The summed E-state index contributed by atoms with van der Waals surface area (Å²) >= 11 is 0. The highest BCUT2D eigenvalue weighted by Crippen LogP contribution is 2.31. The Morgan fingerprint density at radius 1 is 0.640 bits per heavy atom. The number of cyclic esters (lactones) is 2. The molecular formula is C28H24F10O12. The van der Waals surface area contributed by atoms with Gasteiger partial charge in [0.05, 0.1) is 17.4 Å². The van der Waals surface area contributed by atoms with Gasteiger partial charge in [0.1, 0.15) is 33.0 Å². The van der Waals surface area contributed by atoms with Crippen LogP contribution in [-0.4, -0.2) is 71.2 Å². The van der Waals surface area contributed by atoms with E-state index in [2.05, 4.69) is 28.4 Å². The summed E-state index contributed by atoms with van der Waals surface area (Å²) in [6, 6.07) is 0. The van der Waals surface area contributed by atoms with Gasteiger partial charge in [0.25, 0.3) is 0 Å². The zero-order valence-corrected chi connectivity index (χ0v) is 25.9. The van der Waals surface area contributed by atoms with Gasteiger partial charge in [-0.3, -0.25) is 4.79 Å². The van der Waals surface area contributed by atoms with E-state index in [1.807, 2.05) is 0 Å². The van der Waals surface area contributed by atoms with Gasteiger partial charge in [0.15, 0.2) is 0 Å². The summed E-state index contributed by atoms with van der Waals surface area (Å²) < 4.78 is 167. The van der Waals surface area contributed by atoms with Crippen LogP contribution >= 0.6 is 0 Å². The molecule has 2 aromatic rings. The molecule has 0 aliphatic carbocycles. The Hall–Kier alpha value is -5.02. The van der Waals surface area contributed by atoms with Crippen LogP contribution < -0.4 is 9.47 Å². The van der Waals surface area contributed by atoms with Gasteiger partial charge in [-0.15, -0.1) is 0 Å². The van der Waals surface area contributed by atoms with Crippen LogP contribution in [0.3, 0.4) is 0 Å². The zero-order valence-electron chi connectivity index (χ0n) is 25.9. The predicted octanol–water partition coefficient (Wildman–Crippen LogP) is 6.18. The molecule has 50 heavy (non-hydrogen) atoms. The Morgan fingerprint density at radius 3 is 1.38 bits per heavy atom. The zero-order chi connectivity index (χ0) is 38.1. The van der Waals surface area contributed by atoms with Crippen molar-refractivity contribution in [3.63, 3.8) is 0 Å². The van der Waals surface area contributed by atoms with Crippen LogP contribution in [0.5, 0.6) is 11.5 Å². The van der Waals surface area contributed by atoms with Gasteiger partial charge in [0, 0.05) is 14.0 Å². The highest BCUT2D eigenvalue weighted by molar-refractivity contribution is 5.66. The number of esters is 1. The second-order valence-corrected chi connectivity index (χ2v) is 10.7. The van der Waals surface area contributed by atoms with Crippen LogP contribution in [0.4, 0.5) is 58.3 Å². The first kappa shape index (κ1) is 41.2. The Balaban J connectivity index is 0.000000348. The van der Waals surface area contributed by atoms with E-state index in [4.69, 9.17) is 9.47 Å². The Kier molecular flexibility index (Phi) is 14.1. The first-order valence-corrected chi connectivity index (χ1v) is 13.3. The molecule has 1 aliphatic rings. The molecule has 1 unspecified atom stereocenters. The molecule has 3 rings (SSSR count). The number of benzene rings is 2. The molecule has 2 aromatic carbocycles. The van der Waals surface area contributed by atoms with Crippen LogP contribution in [0, 0.1) is 69.0 Å². The minimum atomic E-state index is -2.39. The van der Waals surface area contributed by atoms with Crippen molar-refractivity contribution < 1.29 is 101 Å². The maximum atomic E-state index is 13.4. The van der Waals surface area contributed by atoms with Gasteiger partial charge < -0.3 is 37.9 Å². The van der Waals surface area contributed by atoms with Crippen molar-refractivity contribution in [3.05, 3.63) is 58.2 Å². The molecule has 1 heterocycles. The number of hydrogen-bond donors (Lipinski definition) is 0. The molecule has 22 heteroatoms. The highest BCUT2D eigenvalue weighted by atomic mass is 19.2.